The first-order valence-electron chi connectivity index (χ1n) is 12.6. The van der Waals surface area contributed by atoms with Gasteiger partial charge in [0, 0.05) is 32.0 Å². The second-order valence-electron chi connectivity index (χ2n) is 10.2. The number of morpholine rings is 1. The summed E-state index contributed by atoms with van der Waals surface area (Å²) in [5, 5.41) is 11.4. The molecule has 1 N–H and O–H groups in total. The number of H-pyrrole nitrogens is 1. The molecule has 1 aromatic heterocycles. The number of aromatic nitrogens is 3. The molecule has 3 aromatic rings. The van der Waals surface area contributed by atoms with Crippen LogP contribution in [0.3, 0.4) is 0 Å². The number of nitrogens with one attached hydrogen (secondary N) is 1. The van der Waals surface area contributed by atoms with Crippen molar-refractivity contribution in [3.05, 3.63) is 82.4 Å². The molecular weight excluding hydrogens is 502 g/mol. The third-order valence-electron chi connectivity index (χ3n) is 7.29. The fourth-order valence-electron chi connectivity index (χ4n) is 5.58. The minimum atomic E-state index is -4.44. The zero-order valence-corrected chi connectivity index (χ0v) is 21.3. The van der Waals surface area contributed by atoms with E-state index in [0.717, 1.165) is 23.0 Å². The normalized spacial score (nSPS) is 24.8. The Morgan fingerprint density at radius 2 is 1.79 bits per heavy atom. The van der Waals surface area contributed by atoms with Crippen LogP contribution in [0.5, 0.6) is 0 Å². The SMILES string of the molecule is CN(C)Cc1n[nH]nc1CN1CCO[C@@]2(CC[C@@H](c3ccccc3C(F)(F)F)CO2)[C@@H]1c1ccc(F)cc1. The molecule has 0 unspecified atom stereocenters. The maximum absolute atomic E-state index is 13.8. The molecule has 0 amide bonds. The van der Waals surface area contributed by atoms with E-state index in [2.05, 4.69) is 20.3 Å². The quantitative estimate of drug-likeness (QED) is 0.456. The summed E-state index contributed by atoms with van der Waals surface area (Å²) >= 11 is 0. The summed E-state index contributed by atoms with van der Waals surface area (Å²) in [5.41, 5.74) is 2.01. The van der Waals surface area contributed by atoms with Gasteiger partial charge in [-0.05, 0) is 49.8 Å². The van der Waals surface area contributed by atoms with Crippen molar-refractivity contribution >= 4 is 0 Å². The molecule has 7 nitrogen and oxygen atoms in total. The van der Waals surface area contributed by atoms with E-state index in [1.54, 1.807) is 18.2 Å². The van der Waals surface area contributed by atoms with Gasteiger partial charge in [-0.1, -0.05) is 30.3 Å². The van der Waals surface area contributed by atoms with Crippen molar-refractivity contribution < 1.29 is 27.0 Å². The monoisotopic (exact) mass is 533 g/mol. The van der Waals surface area contributed by atoms with Crippen LogP contribution in [0.1, 0.15) is 52.9 Å². The van der Waals surface area contributed by atoms with Gasteiger partial charge >= 0.3 is 6.18 Å². The van der Waals surface area contributed by atoms with Crippen molar-refractivity contribution in [3.63, 3.8) is 0 Å². The number of rotatable bonds is 6. The van der Waals surface area contributed by atoms with Gasteiger partial charge in [0.1, 0.15) is 17.2 Å². The standard InChI is InChI=1S/C27H31F4N5O2/c1-35(2)15-23-24(33-34-32-23)16-36-13-14-37-26(25(36)18-7-9-20(28)10-8-18)12-11-19(17-38-26)21-5-3-4-6-22(21)27(29,30)31/h3-10,19,25H,11-17H2,1-2H3,(H,32,33,34)/t19-,25+,26-/m1/s1. The first kappa shape index (κ1) is 26.7. The lowest BCUT2D eigenvalue weighted by atomic mass is 9.82. The summed E-state index contributed by atoms with van der Waals surface area (Å²) < 4.78 is 67.6. The number of alkyl halides is 3. The summed E-state index contributed by atoms with van der Waals surface area (Å²) in [6, 6.07) is 11.5. The van der Waals surface area contributed by atoms with Crippen molar-refractivity contribution in [3.8, 4) is 0 Å². The van der Waals surface area contributed by atoms with Gasteiger partial charge in [0.2, 0.25) is 0 Å². The second-order valence-corrected chi connectivity index (χ2v) is 10.2. The number of hydrogen-bond donors (Lipinski definition) is 1. The average molecular weight is 534 g/mol. The molecule has 0 bridgehead atoms. The molecule has 38 heavy (non-hydrogen) atoms. The Morgan fingerprint density at radius 3 is 2.47 bits per heavy atom. The molecule has 0 saturated carbocycles. The zero-order chi connectivity index (χ0) is 26.9. The largest absolute Gasteiger partial charge is 0.416 e. The van der Waals surface area contributed by atoms with Crippen LogP contribution in [-0.2, 0) is 28.7 Å². The number of benzene rings is 2. The summed E-state index contributed by atoms with van der Waals surface area (Å²) in [6.07, 6.45) is -3.61. The molecule has 3 atom stereocenters. The Balaban J connectivity index is 1.44. The Morgan fingerprint density at radius 1 is 1.05 bits per heavy atom. The highest BCUT2D eigenvalue weighted by atomic mass is 19.4. The van der Waals surface area contributed by atoms with Crippen molar-refractivity contribution in [2.75, 3.05) is 33.9 Å². The molecule has 0 radical (unpaired) electrons. The molecule has 1 spiro atoms. The lowest BCUT2D eigenvalue weighted by Gasteiger charge is -2.52. The Labute approximate surface area is 218 Å². The van der Waals surface area contributed by atoms with E-state index in [1.807, 2.05) is 19.0 Å². The second kappa shape index (κ2) is 10.7. The van der Waals surface area contributed by atoms with Crippen LogP contribution in [-0.4, -0.2) is 64.9 Å². The highest BCUT2D eigenvalue weighted by Crippen LogP contribution is 2.48. The third kappa shape index (κ3) is 5.47. The molecule has 2 aliphatic rings. The van der Waals surface area contributed by atoms with Crippen LogP contribution in [0.4, 0.5) is 17.6 Å². The van der Waals surface area contributed by atoms with E-state index in [4.69, 9.17) is 9.47 Å². The Hall–Kier alpha value is -2.86. The van der Waals surface area contributed by atoms with Gasteiger partial charge in [-0.2, -0.15) is 28.6 Å². The molecule has 2 fully saturated rings. The number of hydrogen-bond acceptors (Lipinski definition) is 6. The van der Waals surface area contributed by atoms with Crippen LogP contribution in [0.25, 0.3) is 0 Å². The molecule has 2 aliphatic heterocycles. The summed E-state index contributed by atoms with van der Waals surface area (Å²) in [6.45, 7) is 2.09. The number of nitrogens with zero attached hydrogens (tertiary/aromatic N) is 4. The fraction of sp³-hybridized carbons (Fsp3) is 0.481. The first-order valence-corrected chi connectivity index (χ1v) is 12.6. The predicted molar refractivity (Wildman–Crippen MR) is 131 cm³/mol. The Bertz CT molecular complexity index is 1220. The molecule has 2 saturated heterocycles. The summed E-state index contributed by atoms with van der Waals surface area (Å²) in [4.78, 5) is 4.18. The van der Waals surface area contributed by atoms with E-state index < -0.39 is 29.5 Å². The summed E-state index contributed by atoms with van der Waals surface area (Å²) in [7, 11) is 3.90. The Kier molecular flexibility index (Phi) is 7.54. The minimum Gasteiger partial charge on any atom is -0.347 e. The van der Waals surface area contributed by atoms with E-state index in [9.17, 15) is 17.6 Å². The van der Waals surface area contributed by atoms with Crippen LogP contribution in [0.15, 0.2) is 48.5 Å². The van der Waals surface area contributed by atoms with Gasteiger partial charge in [-0.25, -0.2) is 4.39 Å². The van der Waals surface area contributed by atoms with Crippen LogP contribution >= 0.6 is 0 Å². The lowest BCUT2D eigenvalue weighted by molar-refractivity contribution is -0.315. The van der Waals surface area contributed by atoms with Gasteiger partial charge < -0.3 is 14.4 Å². The molecule has 2 aromatic carbocycles. The fourth-order valence-corrected chi connectivity index (χ4v) is 5.58. The smallest absolute Gasteiger partial charge is 0.347 e. The maximum atomic E-state index is 13.8. The van der Waals surface area contributed by atoms with Gasteiger partial charge in [0.15, 0.2) is 5.79 Å². The highest BCUT2D eigenvalue weighted by molar-refractivity contribution is 5.33. The van der Waals surface area contributed by atoms with Crippen LogP contribution in [0, 0.1) is 5.82 Å². The topological polar surface area (TPSA) is 66.5 Å². The van der Waals surface area contributed by atoms with E-state index in [1.165, 1.54) is 24.3 Å². The molecule has 11 heteroatoms. The van der Waals surface area contributed by atoms with Crippen LogP contribution in [0.2, 0.25) is 0 Å². The van der Waals surface area contributed by atoms with E-state index in [0.29, 0.717) is 39.1 Å². The van der Waals surface area contributed by atoms with Crippen molar-refractivity contribution in [2.24, 2.45) is 0 Å². The highest BCUT2D eigenvalue weighted by Gasteiger charge is 2.51. The van der Waals surface area contributed by atoms with Crippen molar-refractivity contribution in [2.45, 2.75) is 49.9 Å². The van der Waals surface area contributed by atoms with Gasteiger partial charge in [0.05, 0.1) is 24.8 Å². The minimum absolute atomic E-state index is 0.0778. The van der Waals surface area contributed by atoms with Crippen molar-refractivity contribution in [1.82, 2.24) is 25.2 Å². The molecular formula is C27H31F4N5O2. The van der Waals surface area contributed by atoms with Crippen molar-refractivity contribution in [1.29, 1.82) is 0 Å². The number of aromatic amines is 1. The average Bonchev–Trinajstić information content (AvgIpc) is 3.31. The molecule has 5 rings (SSSR count). The van der Waals surface area contributed by atoms with Gasteiger partial charge in [-0.15, -0.1) is 0 Å². The lowest BCUT2D eigenvalue weighted by Crippen LogP contribution is -2.57. The maximum Gasteiger partial charge on any atom is 0.416 e. The number of ether oxygens (including phenoxy) is 2. The molecule has 204 valence electrons. The number of halogens is 4. The molecule has 3 heterocycles. The summed E-state index contributed by atoms with van der Waals surface area (Å²) in [5.74, 6) is -1.87. The van der Waals surface area contributed by atoms with E-state index in [-0.39, 0.29) is 18.0 Å². The van der Waals surface area contributed by atoms with Crippen LogP contribution < -0.4 is 0 Å². The zero-order valence-electron chi connectivity index (χ0n) is 21.3. The predicted octanol–water partition coefficient (Wildman–Crippen LogP) is 4.89. The van der Waals surface area contributed by atoms with E-state index >= 15 is 0 Å². The van der Waals surface area contributed by atoms with Gasteiger partial charge in [-0.3, -0.25) is 4.90 Å². The third-order valence-corrected chi connectivity index (χ3v) is 7.29. The molecule has 0 aliphatic carbocycles. The first-order chi connectivity index (χ1) is 18.2. The van der Waals surface area contributed by atoms with Gasteiger partial charge in [0.25, 0.3) is 0 Å².